The highest BCUT2D eigenvalue weighted by molar-refractivity contribution is 5.27. The van der Waals surface area contributed by atoms with E-state index in [9.17, 15) is 13.2 Å². The van der Waals surface area contributed by atoms with Gasteiger partial charge in [-0.25, -0.2) is 0 Å². The Balaban J connectivity index is 2.38. The molecule has 1 N–H and O–H groups in total. The number of hydrogen-bond acceptors (Lipinski definition) is 2. The fourth-order valence-corrected chi connectivity index (χ4v) is 1.79. The van der Waals surface area contributed by atoms with E-state index in [2.05, 4.69) is 30.8 Å². The molecular formula is C15H22F3NO. The zero-order chi connectivity index (χ0) is 15.2. The van der Waals surface area contributed by atoms with Crippen LogP contribution in [0.2, 0.25) is 0 Å². The predicted octanol–water partition coefficient (Wildman–Crippen LogP) is 4.50. The molecule has 1 unspecified atom stereocenters. The van der Waals surface area contributed by atoms with Crippen LogP contribution in [0.15, 0.2) is 24.3 Å². The number of nitrogens with one attached hydrogen (secondary N) is 1. The SMILES string of the molecule is CC(C)CCC(C)NCc1ccc(OC(F)(F)F)cc1. The highest BCUT2D eigenvalue weighted by Gasteiger charge is 2.30. The van der Waals surface area contributed by atoms with Gasteiger partial charge in [-0.05, 0) is 43.4 Å². The molecule has 0 aliphatic heterocycles. The molecule has 0 spiro atoms. The van der Waals surface area contributed by atoms with Crippen molar-refractivity contribution in [1.82, 2.24) is 5.32 Å². The Labute approximate surface area is 118 Å². The minimum Gasteiger partial charge on any atom is -0.406 e. The maximum Gasteiger partial charge on any atom is 0.573 e. The Bertz CT molecular complexity index is 387. The van der Waals surface area contributed by atoms with Gasteiger partial charge in [-0.3, -0.25) is 0 Å². The molecule has 0 aromatic heterocycles. The van der Waals surface area contributed by atoms with Gasteiger partial charge in [0, 0.05) is 12.6 Å². The summed E-state index contributed by atoms with van der Waals surface area (Å²) in [6, 6.07) is 6.35. The first-order valence-corrected chi connectivity index (χ1v) is 6.84. The number of halogens is 3. The highest BCUT2D eigenvalue weighted by Crippen LogP contribution is 2.22. The van der Waals surface area contributed by atoms with Gasteiger partial charge in [-0.15, -0.1) is 13.2 Å². The van der Waals surface area contributed by atoms with Crippen molar-refractivity contribution in [3.05, 3.63) is 29.8 Å². The second-order valence-electron chi connectivity index (χ2n) is 5.44. The van der Waals surface area contributed by atoms with Crippen LogP contribution < -0.4 is 10.1 Å². The molecule has 0 aliphatic rings. The lowest BCUT2D eigenvalue weighted by molar-refractivity contribution is -0.274. The standard InChI is InChI=1S/C15H22F3NO/c1-11(2)4-5-12(3)19-10-13-6-8-14(9-7-13)20-15(16,17)18/h6-9,11-12,19H,4-5,10H2,1-3H3. The van der Waals surface area contributed by atoms with Crippen molar-refractivity contribution >= 4 is 0 Å². The van der Waals surface area contributed by atoms with Crippen molar-refractivity contribution in [2.45, 2.75) is 52.6 Å². The summed E-state index contributed by atoms with van der Waals surface area (Å²) in [7, 11) is 0. The molecule has 0 saturated heterocycles. The maximum atomic E-state index is 12.0. The van der Waals surface area contributed by atoms with Crippen molar-refractivity contribution in [1.29, 1.82) is 0 Å². The lowest BCUT2D eigenvalue weighted by atomic mass is 10.0. The molecule has 5 heteroatoms. The molecule has 1 aromatic rings. The van der Waals surface area contributed by atoms with Crippen LogP contribution in [-0.4, -0.2) is 12.4 Å². The van der Waals surface area contributed by atoms with E-state index in [0.717, 1.165) is 18.4 Å². The van der Waals surface area contributed by atoms with Crippen LogP contribution in [0.25, 0.3) is 0 Å². The average Bonchev–Trinajstić information content (AvgIpc) is 2.33. The number of hydrogen-bond donors (Lipinski definition) is 1. The van der Waals surface area contributed by atoms with Gasteiger partial charge >= 0.3 is 6.36 Å². The Kier molecular flexibility index (Phi) is 6.33. The van der Waals surface area contributed by atoms with Crippen LogP contribution in [0.1, 0.15) is 39.2 Å². The average molecular weight is 289 g/mol. The van der Waals surface area contributed by atoms with E-state index in [1.807, 2.05) is 0 Å². The summed E-state index contributed by atoms with van der Waals surface area (Å²) in [5, 5.41) is 3.36. The van der Waals surface area contributed by atoms with Crippen LogP contribution in [0.5, 0.6) is 5.75 Å². The van der Waals surface area contributed by atoms with E-state index in [4.69, 9.17) is 0 Å². The molecule has 1 rings (SSSR count). The lowest BCUT2D eigenvalue weighted by Gasteiger charge is -2.15. The molecule has 0 radical (unpaired) electrons. The zero-order valence-corrected chi connectivity index (χ0v) is 12.1. The van der Waals surface area contributed by atoms with Gasteiger partial charge in [0.15, 0.2) is 0 Å². The molecule has 2 nitrogen and oxygen atoms in total. The van der Waals surface area contributed by atoms with E-state index in [-0.39, 0.29) is 5.75 Å². The van der Waals surface area contributed by atoms with Gasteiger partial charge in [0.2, 0.25) is 0 Å². The molecule has 0 aliphatic carbocycles. The molecular weight excluding hydrogens is 267 g/mol. The van der Waals surface area contributed by atoms with Gasteiger partial charge < -0.3 is 10.1 Å². The maximum absolute atomic E-state index is 12.0. The van der Waals surface area contributed by atoms with Crippen LogP contribution in [0, 0.1) is 5.92 Å². The van der Waals surface area contributed by atoms with E-state index in [1.165, 1.54) is 12.1 Å². The third kappa shape index (κ3) is 7.38. The first kappa shape index (κ1) is 16.8. The summed E-state index contributed by atoms with van der Waals surface area (Å²) >= 11 is 0. The zero-order valence-electron chi connectivity index (χ0n) is 12.1. The number of rotatable bonds is 7. The topological polar surface area (TPSA) is 21.3 Å². The van der Waals surface area contributed by atoms with E-state index in [0.29, 0.717) is 18.5 Å². The first-order valence-electron chi connectivity index (χ1n) is 6.84. The van der Waals surface area contributed by atoms with Crippen LogP contribution in [0.3, 0.4) is 0 Å². The summed E-state index contributed by atoms with van der Waals surface area (Å²) in [6.45, 7) is 7.13. The van der Waals surface area contributed by atoms with Gasteiger partial charge in [0.1, 0.15) is 5.75 Å². The fraction of sp³-hybridized carbons (Fsp3) is 0.600. The second-order valence-corrected chi connectivity index (χ2v) is 5.44. The smallest absolute Gasteiger partial charge is 0.406 e. The lowest BCUT2D eigenvalue weighted by Crippen LogP contribution is -2.25. The molecule has 0 amide bonds. The largest absolute Gasteiger partial charge is 0.573 e. The molecule has 1 atom stereocenters. The number of ether oxygens (including phenoxy) is 1. The molecule has 0 heterocycles. The Morgan fingerprint density at radius 2 is 1.65 bits per heavy atom. The molecule has 114 valence electrons. The fourth-order valence-electron chi connectivity index (χ4n) is 1.79. The molecule has 1 aromatic carbocycles. The summed E-state index contributed by atoms with van der Waals surface area (Å²) in [4.78, 5) is 0. The summed E-state index contributed by atoms with van der Waals surface area (Å²) in [6.07, 6.45) is -2.38. The van der Waals surface area contributed by atoms with Crippen molar-refractivity contribution in [2.24, 2.45) is 5.92 Å². The minimum atomic E-state index is -4.63. The Morgan fingerprint density at radius 3 is 2.15 bits per heavy atom. The minimum absolute atomic E-state index is 0.186. The third-order valence-electron chi connectivity index (χ3n) is 2.99. The quantitative estimate of drug-likeness (QED) is 0.798. The Hall–Kier alpha value is -1.23. The van der Waals surface area contributed by atoms with Crippen LogP contribution in [0.4, 0.5) is 13.2 Å². The van der Waals surface area contributed by atoms with E-state index < -0.39 is 6.36 Å². The summed E-state index contributed by atoms with van der Waals surface area (Å²) in [5.41, 5.74) is 0.941. The van der Waals surface area contributed by atoms with Gasteiger partial charge in [0.05, 0.1) is 0 Å². The molecule has 0 bridgehead atoms. The van der Waals surface area contributed by atoms with Gasteiger partial charge in [-0.1, -0.05) is 26.0 Å². The first-order chi connectivity index (χ1) is 9.26. The van der Waals surface area contributed by atoms with Gasteiger partial charge in [0.25, 0.3) is 0 Å². The highest BCUT2D eigenvalue weighted by atomic mass is 19.4. The van der Waals surface area contributed by atoms with Gasteiger partial charge in [-0.2, -0.15) is 0 Å². The predicted molar refractivity (Wildman–Crippen MR) is 73.5 cm³/mol. The van der Waals surface area contributed by atoms with Crippen LogP contribution in [-0.2, 0) is 6.54 Å². The van der Waals surface area contributed by atoms with Crippen molar-refractivity contribution in [3.8, 4) is 5.75 Å². The normalized spacial score (nSPS) is 13.6. The number of benzene rings is 1. The van der Waals surface area contributed by atoms with Crippen molar-refractivity contribution in [3.63, 3.8) is 0 Å². The summed E-state index contributed by atoms with van der Waals surface area (Å²) < 4.78 is 39.9. The van der Waals surface area contributed by atoms with Crippen molar-refractivity contribution < 1.29 is 17.9 Å². The molecule has 20 heavy (non-hydrogen) atoms. The monoisotopic (exact) mass is 289 g/mol. The Morgan fingerprint density at radius 1 is 1.05 bits per heavy atom. The van der Waals surface area contributed by atoms with Crippen molar-refractivity contribution in [2.75, 3.05) is 0 Å². The van der Waals surface area contributed by atoms with Crippen LogP contribution >= 0.6 is 0 Å². The third-order valence-corrected chi connectivity index (χ3v) is 2.99. The second kappa shape index (κ2) is 7.53. The number of alkyl halides is 3. The van der Waals surface area contributed by atoms with E-state index in [1.54, 1.807) is 12.1 Å². The molecule has 0 fully saturated rings. The molecule has 0 saturated carbocycles. The van der Waals surface area contributed by atoms with E-state index >= 15 is 0 Å². The summed E-state index contributed by atoms with van der Waals surface area (Å²) in [5.74, 6) is 0.493.